The number of hydrogen-bond donors (Lipinski definition) is 0. The maximum atomic E-state index is 10.9. The quantitative estimate of drug-likeness (QED) is 0.222. The van der Waals surface area contributed by atoms with Crippen molar-refractivity contribution < 1.29 is 9.53 Å². The van der Waals surface area contributed by atoms with Gasteiger partial charge in [-0.2, -0.15) is 0 Å². The number of fused-ring (bicyclic) bond motifs is 2. The molecular weight excluding hydrogens is 372 g/mol. The third-order valence-electron chi connectivity index (χ3n) is 5.96. The molecule has 4 heteroatoms. The van der Waals surface area contributed by atoms with E-state index in [2.05, 4.69) is 39.9 Å². The van der Waals surface area contributed by atoms with Crippen molar-refractivity contribution >= 4 is 11.5 Å². The summed E-state index contributed by atoms with van der Waals surface area (Å²) >= 11 is 0. The van der Waals surface area contributed by atoms with Crippen LogP contribution in [0.25, 0.3) is 15.3 Å². The first-order valence-electron chi connectivity index (χ1n) is 10.1. The average molecular weight is 396 g/mol. The summed E-state index contributed by atoms with van der Waals surface area (Å²) in [5.41, 5.74) is 4.57. The molecule has 2 aliphatic carbocycles. The second kappa shape index (κ2) is 9.33. The largest absolute Gasteiger partial charge is 0.517 e. The molecule has 0 amide bonds. The molecule has 0 unspecified atom stereocenters. The van der Waals surface area contributed by atoms with Crippen molar-refractivity contribution in [2.45, 2.75) is 38.3 Å². The highest BCUT2D eigenvalue weighted by Crippen LogP contribution is 2.53. The van der Waals surface area contributed by atoms with Gasteiger partial charge in [-0.25, -0.2) is 22.8 Å². The van der Waals surface area contributed by atoms with Crippen LogP contribution in [0.15, 0.2) is 54.3 Å². The fourth-order valence-electron chi connectivity index (χ4n) is 4.61. The van der Waals surface area contributed by atoms with Crippen LogP contribution in [0.1, 0.15) is 38.2 Å². The van der Waals surface area contributed by atoms with Gasteiger partial charge in [0.2, 0.25) is 0 Å². The van der Waals surface area contributed by atoms with E-state index in [0.717, 1.165) is 36.0 Å². The number of carbonyl (C=O) groups excluding carboxylic acids is 1. The lowest BCUT2D eigenvalue weighted by molar-refractivity contribution is -0.139. The van der Waals surface area contributed by atoms with E-state index in [0.29, 0.717) is 11.8 Å². The van der Waals surface area contributed by atoms with Gasteiger partial charge in [0.25, 0.3) is 0 Å². The molecular formula is C26H24N2O2. The van der Waals surface area contributed by atoms with Crippen molar-refractivity contribution in [3.05, 3.63) is 82.7 Å². The molecule has 30 heavy (non-hydrogen) atoms. The van der Waals surface area contributed by atoms with Gasteiger partial charge in [-0.15, -0.1) is 5.73 Å². The molecule has 0 aromatic heterocycles. The maximum absolute atomic E-state index is 10.9. The molecule has 0 spiro atoms. The summed E-state index contributed by atoms with van der Waals surface area (Å²) in [6, 6.07) is 9.99. The number of rotatable bonds is 5. The number of hydrogen-bond acceptors (Lipinski definition) is 2. The van der Waals surface area contributed by atoms with E-state index in [1.165, 1.54) is 6.92 Å². The summed E-state index contributed by atoms with van der Waals surface area (Å²) in [7, 11) is 0. The van der Waals surface area contributed by atoms with Gasteiger partial charge in [0, 0.05) is 18.4 Å². The molecule has 3 atom stereocenters. The summed E-state index contributed by atoms with van der Waals surface area (Å²) in [6.07, 6.45) is 5.45. The Bertz CT molecular complexity index is 1020. The molecule has 0 N–H and O–H groups in total. The maximum Gasteiger partial charge on any atom is 0.517 e. The van der Waals surface area contributed by atoms with Crippen LogP contribution in [0.4, 0.5) is 0 Å². The fourth-order valence-corrected chi connectivity index (χ4v) is 4.61. The molecule has 1 aromatic carbocycles. The van der Waals surface area contributed by atoms with Crippen molar-refractivity contribution in [2.24, 2.45) is 17.8 Å². The van der Waals surface area contributed by atoms with Crippen LogP contribution < -0.4 is 0 Å². The molecule has 0 saturated heterocycles. The first kappa shape index (κ1) is 21.2. The summed E-state index contributed by atoms with van der Waals surface area (Å²) in [5.74, 6) is 5.98. The van der Waals surface area contributed by atoms with Crippen LogP contribution in [0.3, 0.4) is 0 Å². The average Bonchev–Trinajstić information content (AvgIpc) is 3.15. The van der Waals surface area contributed by atoms with Gasteiger partial charge in [-0.1, -0.05) is 54.8 Å². The minimum atomic E-state index is -1.38. The van der Waals surface area contributed by atoms with Crippen molar-refractivity contribution in [3.8, 4) is 11.8 Å². The monoisotopic (exact) mass is 396 g/mol. The fraction of sp³-hybridized carbons (Fsp3) is 0.385. The highest BCUT2D eigenvalue weighted by atomic mass is 16.5. The molecule has 150 valence electrons. The van der Waals surface area contributed by atoms with Crippen molar-refractivity contribution in [1.29, 1.82) is 0 Å². The molecule has 2 aliphatic rings. The Morgan fingerprint density at radius 2 is 1.97 bits per heavy atom. The Hall–Kier alpha value is -3.51. The Balaban J connectivity index is 2.00. The highest BCUT2D eigenvalue weighted by molar-refractivity contribution is 5.71. The summed E-state index contributed by atoms with van der Waals surface area (Å²) in [6.45, 7) is 21.1. The molecule has 0 radical (unpaired) electrons. The molecule has 0 heterocycles. The first-order chi connectivity index (χ1) is 14.5. The first-order valence-corrected chi connectivity index (χ1v) is 10.1. The van der Waals surface area contributed by atoms with Crippen molar-refractivity contribution in [1.82, 2.24) is 0 Å². The van der Waals surface area contributed by atoms with Crippen molar-refractivity contribution in [3.63, 3.8) is 0 Å². The Morgan fingerprint density at radius 1 is 1.23 bits per heavy atom. The third-order valence-corrected chi connectivity index (χ3v) is 5.96. The minimum Gasteiger partial charge on any atom is -0.453 e. The molecule has 1 saturated carbocycles. The van der Waals surface area contributed by atoms with Gasteiger partial charge < -0.3 is 4.74 Å². The zero-order chi connectivity index (χ0) is 21.6. The van der Waals surface area contributed by atoms with Gasteiger partial charge in [0.15, 0.2) is 13.0 Å². The molecule has 2 bridgehead atoms. The predicted molar refractivity (Wildman–Crippen MR) is 116 cm³/mol. The molecule has 1 fully saturated rings. The number of benzene rings is 1. The second-order valence-corrected chi connectivity index (χ2v) is 7.74. The van der Waals surface area contributed by atoms with Gasteiger partial charge >= 0.3 is 11.6 Å². The summed E-state index contributed by atoms with van der Waals surface area (Å²) in [4.78, 5) is 18.5. The number of nitrogens with zero attached hydrogens (tertiary/aromatic N) is 2. The van der Waals surface area contributed by atoms with Gasteiger partial charge in [0.1, 0.15) is 5.57 Å². The normalized spacial score (nSPS) is 21.7. The van der Waals surface area contributed by atoms with E-state index < -0.39 is 11.6 Å². The smallest absolute Gasteiger partial charge is 0.453 e. The SMILES string of the molecule is [C-]#[N+]C(CC#CCOC(C)=O)([N+]#[C-])C1=C[C@H]2CC[C@H](C2)[C@@H]1C(=C=C)c1ccccc1. The van der Waals surface area contributed by atoms with Gasteiger partial charge in [-0.3, -0.25) is 4.79 Å². The number of esters is 1. The number of allylic oxidation sites excluding steroid dienone is 2. The lowest BCUT2D eigenvalue weighted by atomic mass is 9.69. The summed E-state index contributed by atoms with van der Waals surface area (Å²) < 4.78 is 4.84. The van der Waals surface area contributed by atoms with E-state index >= 15 is 0 Å². The van der Waals surface area contributed by atoms with Crippen LogP contribution >= 0.6 is 0 Å². The van der Waals surface area contributed by atoms with E-state index in [1.54, 1.807) is 0 Å². The van der Waals surface area contributed by atoms with Crippen LogP contribution in [-0.4, -0.2) is 18.2 Å². The van der Waals surface area contributed by atoms with Crippen LogP contribution in [0.2, 0.25) is 0 Å². The number of carbonyl (C=O) groups is 1. The number of ether oxygens (including phenoxy) is 1. The summed E-state index contributed by atoms with van der Waals surface area (Å²) in [5, 5.41) is 0. The van der Waals surface area contributed by atoms with Gasteiger partial charge in [0.05, 0.1) is 0 Å². The Kier molecular flexibility index (Phi) is 6.59. The van der Waals surface area contributed by atoms with E-state index in [4.69, 9.17) is 17.9 Å². The van der Waals surface area contributed by atoms with Crippen LogP contribution in [0, 0.1) is 42.7 Å². The van der Waals surface area contributed by atoms with E-state index in [9.17, 15) is 4.79 Å². The lowest BCUT2D eigenvalue weighted by Crippen LogP contribution is -2.33. The minimum absolute atomic E-state index is 0.0308. The highest BCUT2D eigenvalue weighted by Gasteiger charge is 2.56. The molecule has 0 aliphatic heterocycles. The molecule has 4 nitrogen and oxygen atoms in total. The predicted octanol–water partition coefficient (Wildman–Crippen LogP) is 5.32. The lowest BCUT2D eigenvalue weighted by Gasteiger charge is -2.31. The van der Waals surface area contributed by atoms with E-state index in [-0.39, 0.29) is 18.9 Å². The second-order valence-electron chi connectivity index (χ2n) is 7.74. The zero-order valence-corrected chi connectivity index (χ0v) is 17.1. The van der Waals surface area contributed by atoms with Crippen LogP contribution in [-0.2, 0) is 9.53 Å². The Labute approximate surface area is 178 Å². The third kappa shape index (κ3) is 4.23. The Morgan fingerprint density at radius 3 is 2.60 bits per heavy atom. The van der Waals surface area contributed by atoms with Gasteiger partial charge in [-0.05, 0) is 36.7 Å². The van der Waals surface area contributed by atoms with Crippen molar-refractivity contribution in [2.75, 3.05) is 6.61 Å². The zero-order valence-electron chi connectivity index (χ0n) is 17.1. The van der Waals surface area contributed by atoms with Crippen LogP contribution in [0.5, 0.6) is 0 Å². The molecule has 3 rings (SSSR count). The molecule has 1 aromatic rings. The standard InChI is InChI=1S/C26H24N2O2/c1-5-23(21-11-7-6-8-12-21)25-22-14-13-20(17-22)18-24(25)26(27-3,28-4)15-9-10-16-30-19(2)29/h6-8,11-12,18,20,22,25H,1,13-17H2,2H3/t20-,22+,25+/m0/s1. The topological polar surface area (TPSA) is 35.0 Å². The van der Waals surface area contributed by atoms with E-state index in [1.807, 2.05) is 30.3 Å².